The Balaban J connectivity index is 1.98. The minimum atomic E-state index is -0.392. The molecule has 0 amide bonds. The van der Waals surface area contributed by atoms with E-state index in [1.54, 1.807) is 6.08 Å². The first-order valence-corrected chi connectivity index (χ1v) is 11.4. The third-order valence-corrected chi connectivity index (χ3v) is 6.58. The van der Waals surface area contributed by atoms with Gasteiger partial charge in [0.1, 0.15) is 0 Å². The molecule has 2 aliphatic carbocycles. The Labute approximate surface area is 184 Å². The third kappa shape index (κ3) is 3.60. The molecule has 1 heterocycles. The number of phenols is 1. The van der Waals surface area contributed by atoms with Crippen LogP contribution >= 0.6 is 0 Å². The Kier molecular flexibility index (Phi) is 6.03. The van der Waals surface area contributed by atoms with Crippen LogP contribution in [0.15, 0.2) is 47.3 Å². The topological polar surface area (TPSA) is 66.8 Å². The predicted octanol–water partition coefficient (Wildman–Crippen LogP) is 4.95. The van der Waals surface area contributed by atoms with Gasteiger partial charge in [-0.3, -0.25) is 9.59 Å². The highest BCUT2D eigenvalue weighted by molar-refractivity contribution is 6.06. The van der Waals surface area contributed by atoms with Gasteiger partial charge >= 0.3 is 0 Å². The van der Waals surface area contributed by atoms with E-state index in [-0.39, 0.29) is 17.3 Å². The molecular weight excluding hydrogens is 390 g/mol. The summed E-state index contributed by atoms with van der Waals surface area (Å²) in [5.41, 5.74) is 5.23. The fourth-order valence-corrected chi connectivity index (χ4v) is 5.36. The Bertz CT molecular complexity index is 957. The molecule has 4 rings (SSSR count). The summed E-state index contributed by atoms with van der Waals surface area (Å²) in [5, 5.41) is 10.7. The lowest BCUT2D eigenvalue weighted by molar-refractivity contribution is -0.117. The molecule has 3 aliphatic rings. The molecular formula is C26H31NO4. The van der Waals surface area contributed by atoms with Crippen molar-refractivity contribution in [2.75, 3.05) is 13.2 Å². The number of aromatic hydroxyl groups is 1. The van der Waals surface area contributed by atoms with Gasteiger partial charge in [0.2, 0.25) is 0 Å². The molecule has 0 radical (unpaired) electrons. The summed E-state index contributed by atoms with van der Waals surface area (Å²) in [5.74, 6) is 0.365. The molecule has 0 spiro atoms. The van der Waals surface area contributed by atoms with Crippen molar-refractivity contribution >= 4 is 11.6 Å². The van der Waals surface area contributed by atoms with Crippen LogP contribution in [-0.2, 0) is 16.0 Å². The van der Waals surface area contributed by atoms with Crippen molar-refractivity contribution in [2.24, 2.45) is 0 Å². The number of ether oxygens (including phenoxy) is 1. The van der Waals surface area contributed by atoms with Crippen molar-refractivity contribution < 1.29 is 19.4 Å². The molecule has 5 heteroatoms. The van der Waals surface area contributed by atoms with E-state index in [1.807, 2.05) is 19.1 Å². The fourth-order valence-electron chi connectivity index (χ4n) is 5.36. The lowest BCUT2D eigenvalue weighted by atomic mass is 9.70. The van der Waals surface area contributed by atoms with E-state index < -0.39 is 5.92 Å². The first kappa shape index (κ1) is 21.4. The average Bonchev–Trinajstić information content (AvgIpc) is 2.76. The zero-order chi connectivity index (χ0) is 22.1. The molecule has 0 aromatic heterocycles. The molecule has 1 aromatic carbocycles. The molecule has 0 unspecified atom stereocenters. The summed E-state index contributed by atoms with van der Waals surface area (Å²) in [6, 6.07) is 3.74. The second kappa shape index (κ2) is 8.74. The Morgan fingerprint density at radius 3 is 2.19 bits per heavy atom. The summed E-state index contributed by atoms with van der Waals surface area (Å²) in [6.07, 6.45) is 6.64. The number of carbonyl (C=O) groups is 2. The molecule has 0 atom stereocenters. The predicted molar refractivity (Wildman–Crippen MR) is 120 cm³/mol. The molecule has 0 fully saturated rings. The summed E-state index contributed by atoms with van der Waals surface area (Å²) < 4.78 is 5.73. The van der Waals surface area contributed by atoms with Crippen LogP contribution in [-0.4, -0.2) is 34.7 Å². The van der Waals surface area contributed by atoms with Crippen LogP contribution in [0.4, 0.5) is 0 Å². The highest BCUT2D eigenvalue weighted by atomic mass is 16.5. The maximum absolute atomic E-state index is 13.2. The number of hydrogen-bond donors (Lipinski definition) is 1. The second-order valence-corrected chi connectivity index (χ2v) is 8.40. The zero-order valence-electron chi connectivity index (χ0n) is 18.5. The number of allylic oxidation sites excluding steroid dienone is 5. The fraction of sp³-hybridized carbons (Fsp3) is 0.462. The van der Waals surface area contributed by atoms with E-state index in [1.165, 1.54) is 0 Å². The smallest absolute Gasteiger partial charge is 0.161 e. The van der Waals surface area contributed by atoms with Crippen LogP contribution in [0.2, 0.25) is 0 Å². The lowest BCUT2D eigenvalue weighted by Gasteiger charge is -2.43. The highest BCUT2D eigenvalue weighted by Crippen LogP contribution is 2.50. The lowest BCUT2D eigenvalue weighted by Crippen LogP contribution is -2.39. The minimum absolute atomic E-state index is 0.102. The van der Waals surface area contributed by atoms with Crippen molar-refractivity contribution in [3.05, 3.63) is 58.5 Å². The molecule has 1 aromatic rings. The largest absolute Gasteiger partial charge is 0.504 e. The first-order valence-electron chi connectivity index (χ1n) is 11.4. The monoisotopic (exact) mass is 421 g/mol. The van der Waals surface area contributed by atoms with Gasteiger partial charge in [-0.05, 0) is 57.6 Å². The Hall–Kier alpha value is -2.82. The number of nitrogens with zero attached hydrogens (tertiary/aromatic N) is 1. The van der Waals surface area contributed by atoms with Crippen LogP contribution in [0.3, 0.4) is 0 Å². The zero-order valence-corrected chi connectivity index (χ0v) is 18.5. The van der Waals surface area contributed by atoms with Gasteiger partial charge in [-0.2, -0.15) is 0 Å². The molecule has 0 saturated heterocycles. The number of carbonyl (C=O) groups excluding carboxylic acids is 2. The molecule has 5 nitrogen and oxygen atoms in total. The number of hydrogen-bond acceptors (Lipinski definition) is 5. The molecule has 31 heavy (non-hydrogen) atoms. The van der Waals surface area contributed by atoms with Crippen molar-refractivity contribution in [1.29, 1.82) is 0 Å². The van der Waals surface area contributed by atoms with Gasteiger partial charge in [-0.15, -0.1) is 6.58 Å². The van der Waals surface area contributed by atoms with Gasteiger partial charge in [-0.1, -0.05) is 12.1 Å². The van der Waals surface area contributed by atoms with E-state index in [0.717, 1.165) is 60.3 Å². The highest BCUT2D eigenvalue weighted by Gasteiger charge is 2.43. The molecule has 0 saturated carbocycles. The quantitative estimate of drug-likeness (QED) is 0.658. The maximum Gasteiger partial charge on any atom is 0.161 e. The number of benzene rings is 1. The van der Waals surface area contributed by atoms with E-state index in [0.29, 0.717) is 37.2 Å². The van der Waals surface area contributed by atoms with Crippen molar-refractivity contribution in [3.63, 3.8) is 0 Å². The van der Waals surface area contributed by atoms with E-state index in [9.17, 15) is 14.7 Å². The molecule has 0 bridgehead atoms. The molecule has 1 aliphatic heterocycles. The Morgan fingerprint density at radius 2 is 1.68 bits per heavy atom. The summed E-state index contributed by atoms with van der Waals surface area (Å²) in [4.78, 5) is 28.7. The average molecular weight is 422 g/mol. The maximum atomic E-state index is 13.2. The van der Waals surface area contributed by atoms with Crippen molar-refractivity contribution in [1.82, 2.24) is 4.90 Å². The van der Waals surface area contributed by atoms with Crippen LogP contribution < -0.4 is 4.74 Å². The normalized spacial score (nSPS) is 19.5. The van der Waals surface area contributed by atoms with Gasteiger partial charge in [0.15, 0.2) is 23.1 Å². The number of rotatable bonds is 6. The second-order valence-electron chi connectivity index (χ2n) is 8.40. The summed E-state index contributed by atoms with van der Waals surface area (Å²) >= 11 is 0. The SMILES string of the molecule is C=CCc1cc(C2C3=C(CCCC3=O)N(CC)C3=C2C(=O)CCC3)cc(OCC)c1O. The van der Waals surface area contributed by atoms with Crippen molar-refractivity contribution in [2.45, 2.75) is 64.7 Å². The number of ketones is 2. The summed E-state index contributed by atoms with van der Waals surface area (Å²) in [7, 11) is 0. The number of phenolic OH excluding ortho intramolecular Hbond substituents is 1. The van der Waals surface area contributed by atoms with Gasteiger partial charge in [-0.25, -0.2) is 0 Å². The van der Waals surface area contributed by atoms with Crippen LogP contribution in [0.5, 0.6) is 11.5 Å². The Morgan fingerprint density at radius 1 is 1.06 bits per heavy atom. The van der Waals surface area contributed by atoms with E-state index in [2.05, 4.69) is 18.4 Å². The minimum Gasteiger partial charge on any atom is -0.504 e. The van der Waals surface area contributed by atoms with Gasteiger partial charge < -0.3 is 14.7 Å². The third-order valence-electron chi connectivity index (χ3n) is 6.58. The van der Waals surface area contributed by atoms with Crippen LogP contribution in [0.1, 0.15) is 69.4 Å². The van der Waals surface area contributed by atoms with Crippen molar-refractivity contribution in [3.8, 4) is 11.5 Å². The standard InChI is InChI=1S/C26H31NO4/c1-4-9-16-14-17(15-22(26(16)30)31-6-3)23-24-18(10-7-12-20(24)28)27(5-2)19-11-8-13-21(29)25(19)23/h4,14-15,23,30H,1,5-13H2,2-3H3. The van der Waals surface area contributed by atoms with Gasteiger partial charge in [0, 0.05) is 53.4 Å². The van der Waals surface area contributed by atoms with Crippen LogP contribution in [0, 0.1) is 0 Å². The van der Waals surface area contributed by atoms with Crippen LogP contribution in [0.25, 0.3) is 0 Å². The summed E-state index contributed by atoms with van der Waals surface area (Å²) in [6.45, 7) is 8.93. The van der Waals surface area contributed by atoms with E-state index >= 15 is 0 Å². The molecule has 164 valence electrons. The molecule has 1 N–H and O–H groups in total. The van der Waals surface area contributed by atoms with Gasteiger partial charge in [0.25, 0.3) is 0 Å². The first-order chi connectivity index (χ1) is 15.0. The van der Waals surface area contributed by atoms with E-state index in [4.69, 9.17) is 4.74 Å². The number of Topliss-reactive ketones (excluding diaryl/α,β-unsaturated/α-hetero) is 2. The van der Waals surface area contributed by atoms with Gasteiger partial charge in [0.05, 0.1) is 6.61 Å².